The number of nitrogens with one attached hydrogen (secondary N) is 1. The summed E-state index contributed by atoms with van der Waals surface area (Å²) in [4.78, 5) is 11.2. The van der Waals surface area contributed by atoms with Crippen LogP contribution in [0.15, 0.2) is 18.2 Å². The molecule has 3 nitrogen and oxygen atoms in total. The first-order valence-electron chi connectivity index (χ1n) is 4.78. The number of carbonyl (C=O) groups excluding carboxylic acids is 1. The van der Waals surface area contributed by atoms with Gasteiger partial charge >= 0.3 is 0 Å². The Balaban J connectivity index is 2.72. The number of benzene rings is 1. The Labute approximate surface area is 108 Å². The summed E-state index contributed by atoms with van der Waals surface area (Å²) in [6, 6.07) is 5.31. The molecule has 0 saturated heterocycles. The van der Waals surface area contributed by atoms with Gasteiger partial charge in [0.05, 0.1) is 11.9 Å². The topological polar surface area (TPSA) is 38.3 Å². The molecule has 1 atom stereocenters. The van der Waals surface area contributed by atoms with E-state index in [0.29, 0.717) is 17.3 Å². The van der Waals surface area contributed by atoms with Gasteiger partial charge in [0.2, 0.25) is 5.91 Å². The lowest BCUT2D eigenvalue weighted by Gasteiger charge is -2.10. The number of hydrogen-bond acceptors (Lipinski definition) is 2. The van der Waals surface area contributed by atoms with Crippen LogP contribution < -0.4 is 10.1 Å². The number of hydrogen-bond donors (Lipinski definition) is 1. The highest BCUT2D eigenvalue weighted by Gasteiger charge is 2.09. The predicted octanol–water partition coefficient (Wildman–Crippen LogP) is 2.75. The van der Waals surface area contributed by atoms with Gasteiger partial charge in [0.15, 0.2) is 0 Å². The number of halogens is 2. The summed E-state index contributed by atoms with van der Waals surface area (Å²) in [6.45, 7) is 2.17. The third-order valence-electron chi connectivity index (χ3n) is 2.06. The van der Waals surface area contributed by atoms with Crippen molar-refractivity contribution in [2.45, 2.75) is 18.3 Å². The van der Waals surface area contributed by atoms with E-state index in [-0.39, 0.29) is 10.7 Å². The largest absolute Gasteiger partial charge is 0.496 e. The zero-order valence-electron chi connectivity index (χ0n) is 9.09. The first kappa shape index (κ1) is 13.3. The van der Waals surface area contributed by atoms with Crippen molar-refractivity contribution >= 4 is 33.4 Å². The van der Waals surface area contributed by atoms with E-state index in [1.807, 2.05) is 0 Å². The number of alkyl halides is 1. The van der Waals surface area contributed by atoms with Gasteiger partial charge < -0.3 is 10.1 Å². The Morgan fingerprint density at radius 3 is 2.88 bits per heavy atom. The van der Waals surface area contributed by atoms with E-state index < -0.39 is 0 Å². The van der Waals surface area contributed by atoms with E-state index in [1.165, 1.54) is 0 Å². The second kappa shape index (κ2) is 6.11. The molecule has 0 saturated carbocycles. The van der Waals surface area contributed by atoms with Crippen molar-refractivity contribution in [2.75, 3.05) is 7.11 Å². The van der Waals surface area contributed by atoms with Gasteiger partial charge in [-0.05, 0) is 25.1 Å². The molecule has 0 radical (unpaired) electrons. The molecule has 1 rings (SSSR count). The molecule has 1 unspecified atom stereocenters. The van der Waals surface area contributed by atoms with E-state index in [0.717, 1.165) is 5.56 Å². The summed E-state index contributed by atoms with van der Waals surface area (Å²) in [5, 5.41) is 3.40. The standard InChI is InChI=1S/C11H13BrClNO2/c1-7(12)11(15)14-6-8-5-9(13)3-4-10(8)16-2/h3-5,7H,6H2,1-2H3,(H,14,15). The highest BCUT2D eigenvalue weighted by Crippen LogP contribution is 2.22. The van der Waals surface area contributed by atoms with Gasteiger partial charge in [-0.1, -0.05) is 27.5 Å². The van der Waals surface area contributed by atoms with Crippen LogP contribution in [0.25, 0.3) is 0 Å². The minimum atomic E-state index is -0.210. The van der Waals surface area contributed by atoms with Crippen LogP contribution in [0.5, 0.6) is 5.75 Å². The highest BCUT2D eigenvalue weighted by molar-refractivity contribution is 9.10. The predicted molar refractivity (Wildman–Crippen MR) is 68.2 cm³/mol. The van der Waals surface area contributed by atoms with Crippen LogP contribution in [-0.4, -0.2) is 17.8 Å². The second-order valence-electron chi connectivity index (χ2n) is 3.29. The molecule has 5 heteroatoms. The monoisotopic (exact) mass is 305 g/mol. The molecule has 0 fully saturated rings. The second-order valence-corrected chi connectivity index (χ2v) is 5.10. The molecule has 1 aromatic rings. The molecule has 0 aliphatic heterocycles. The van der Waals surface area contributed by atoms with Crippen LogP contribution in [-0.2, 0) is 11.3 Å². The maximum Gasteiger partial charge on any atom is 0.233 e. The molecular weight excluding hydrogens is 293 g/mol. The molecule has 1 aromatic carbocycles. The summed E-state index contributed by atoms with van der Waals surface area (Å²) in [5.74, 6) is 0.647. The van der Waals surface area contributed by atoms with Crippen LogP contribution in [0.3, 0.4) is 0 Å². The van der Waals surface area contributed by atoms with E-state index in [2.05, 4.69) is 21.2 Å². The summed E-state index contributed by atoms with van der Waals surface area (Å²) >= 11 is 9.07. The fourth-order valence-electron chi connectivity index (χ4n) is 1.21. The Kier molecular flexibility index (Phi) is 5.09. The van der Waals surface area contributed by atoms with E-state index in [1.54, 1.807) is 32.2 Å². The normalized spacial score (nSPS) is 12.0. The van der Waals surface area contributed by atoms with Crippen molar-refractivity contribution in [1.29, 1.82) is 0 Å². The molecule has 0 aliphatic carbocycles. The van der Waals surface area contributed by atoms with Gasteiger partial charge in [-0.15, -0.1) is 0 Å². The van der Waals surface area contributed by atoms with Gasteiger partial charge in [0.1, 0.15) is 5.75 Å². The maximum atomic E-state index is 11.4. The maximum absolute atomic E-state index is 11.4. The lowest BCUT2D eigenvalue weighted by Crippen LogP contribution is -2.28. The third-order valence-corrected chi connectivity index (χ3v) is 2.71. The lowest BCUT2D eigenvalue weighted by molar-refractivity contribution is -0.120. The lowest BCUT2D eigenvalue weighted by atomic mass is 10.2. The minimum absolute atomic E-state index is 0.0676. The van der Waals surface area contributed by atoms with Crippen molar-refractivity contribution in [3.63, 3.8) is 0 Å². The highest BCUT2D eigenvalue weighted by atomic mass is 79.9. The van der Waals surface area contributed by atoms with Crippen molar-refractivity contribution in [3.8, 4) is 5.75 Å². The average molecular weight is 307 g/mol. The number of carbonyl (C=O) groups is 1. The average Bonchev–Trinajstić information content (AvgIpc) is 2.25. The summed E-state index contributed by atoms with van der Waals surface area (Å²) in [7, 11) is 1.58. The Morgan fingerprint density at radius 1 is 1.62 bits per heavy atom. The fraction of sp³-hybridized carbons (Fsp3) is 0.364. The van der Waals surface area contributed by atoms with E-state index in [9.17, 15) is 4.79 Å². The van der Waals surface area contributed by atoms with Crippen molar-refractivity contribution in [1.82, 2.24) is 5.32 Å². The SMILES string of the molecule is COc1ccc(Cl)cc1CNC(=O)C(C)Br. The van der Waals surface area contributed by atoms with Crippen molar-refractivity contribution < 1.29 is 9.53 Å². The van der Waals surface area contributed by atoms with Crippen LogP contribution in [0.2, 0.25) is 5.02 Å². The van der Waals surface area contributed by atoms with Gasteiger partial charge in [-0.2, -0.15) is 0 Å². The fourth-order valence-corrected chi connectivity index (χ4v) is 1.56. The Morgan fingerprint density at radius 2 is 2.31 bits per heavy atom. The molecule has 0 spiro atoms. The molecule has 1 N–H and O–H groups in total. The van der Waals surface area contributed by atoms with Crippen LogP contribution in [0, 0.1) is 0 Å². The van der Waals surface area contributed by atoms with Crippen LogP contribution in [0.4, 0.5) is 0 Å². The molecule has 16 heavy (non-hydrogen) atoms. The summed E-state index contributed by atoms with van der Waals surface area (Å²) in [6.07, 6.45) is 0. The Hall–Kier alpha value is -0.740. The zero-order valence-corrected chi connectivity index (χ0v) is 11.4. The number of methoxy groups -OCH3 is 1. The molecule has 0 heterocycles. The number of amides is 1. The number of ether oxygens (including phenoxy) is 1. The van der Waals surface area contributed by atoms with Gasteiger partial charge in [-0.3, -0.25) is 4.79 Å². The first-order chi connectivity index (χ1) is 7.54. The number of rotatable bonds is 4. The minimum Gasteiger partial charge on any atom is -0.496 e. The molecule has 88 valence electrons. The summed E-state index contributed by atoms with van der Waals surface area (Å²) < 4.78 is 5.17. The first-order valence-corrected chi connectivity index (χ1v) is 6.08. The third kappa shape index (κ3) is 3.68. The Bertz CT molecular complexity index is 382. The molecule has 0 aliphatic rings. The van der Waals surface area contributed by atoms with E-state index in [4.69, 9.17) is 16.3 Å². The summed E-state index contributed by atoms with van der Waals surface area (Å²) in [5.41, 5.74) is 0.858. The molecule has 0 bridgehead atoms. The van der Waals surface area contributed by atoms with Gasteiger partial charge in [0.25, 0.3) is 0 Å². The van der Waals surface area contributed by atoms with E-state index >= 15 is 0 Å². The van der Waals surface area contributed by atoms with Crippen molar-refractivity contribution in [2.24, 2.45) is 0 Å². The van der Waals surface area contributed by atoms with Gasteiger partial charge in [-0.25, -0.2) is 0 Å². The zero-order chi connectivity index (χ0) is 12.1. The van der Waals surface area contributed by atoms with Crippen molar-refractivity contribution in [3.05, 3.63) is 28.8 Å². The molecule has 0 aromatic heterocycles. The molecule has 1 amide bonds. The smallest absolute Gasteiger partial charge is 0.233 e. The van der Waals surface area contributed by atoms with Crippen LogP contribution >= 0.6 is 27.5 Å². The molecular formula is C11H13BrClNO2. The van der Waals surface area contributed by atoms with Gasteiger partial charge in [0, 0.05) is 17.1 Å². The quantitative estimate of drug-likeness (QED) is 0.869. The van der Waals surface area contributed by atoms with Crippen LogP contribution in [0.1, 0.15) is 12.5 Å².